The highest BCUT2D eigenvalue weighted by molar-refractivity contribution is 5.95. The van der Waals surface area contributed by atoms with E-state index in [1.807, 2.05) is 31.3 Å². The summed E-state index contributed by atoms with van der Waals surface area (Å²) in [6.07, 6.45) is 8.58. The van der Waals surface area contributed by atoms with Gasteiger partial charge < -0.3 is 9.64 Å². The summed E-state index contributed by atoms with van der Waals surface area (Å²) >= 11 is 0. The van der Waals surface area contributed by atoms with Gasteiger partial charge in [0.15, 0.2) is 0 Å². The molecule has 4 heteroatoms. The van der Waals surface area contributed by atoms with Gasteiger partial charge in [0, 0.05) is 24.7 Å². The Morgan fingerprint density at radius 1 is 1.23 bits per heavy atom. The third kappa shape index (κ3) is 4.20. The Labute approximate surface area is 131 Å². The van der Waals surface area contributed by atoms with Gasteiger partial charge >= 0.3 is 5.97 Å². The van der Waals surface area contributed by atoms with E-state index in [1.165, 1.54) is 19.6 Å². The lowest BCUT2D eigenvalue weighted by molar-refractivity contribution is -0.134. The van der Waals surface area contributed by atoms with Crippen molar-refractivity contribution in [2.75, 3.05) is 19.1 Å². The molecular weight excluding hydrogens is 278 g/mol. The summed E-state index contributed by atoms with van der Waals surface area (Å²) in [6.45, 7) is 0. The van der Waals surface area contributed by atoms with Gasteiger partial charge in [0.2, 0.25) is 5.91 Å². The van der Waals surface area contributed by atoms with Gasteiger partial charge in [0.1, 0.15) is 0 Å². The summed E-state index contributed by atoms with van der Waals surface area (Å²) in [6, 6.07) is 7.59. The van der Waals surface area contributed by atoms with Crippen LogP contribution >= 0.6 is 0 Å². The molecule has 1 fully saturated rings. The summed E-state index contributed by atoms with van der Waals surface area (Å²) in [5, 5.41) is 0. The number of methoxy groups -OCH3 is 1. The van der Waals surface area contributed by atoms with Gasteiger partial charge in [-0.15, -0.1) is 0 Å². The van der Waals surface area contributed by atoms with E-state index < -0.39 is 5.97 Å². The van der Waals surface area contributed by atoms with Gasteiger partial charge in [-0.1, -0.05) is 31.4 Å². The molecule has 1 aromatic carbocycles. The molecule has 0 heterocycles. The molecule has 1 saturated carbocycles. The Hall–Kier alpha value is -2.10. The van der Waals surface area contributed by atoms with Gasteiger partial charge in [-0.05, 0) is 36.6 Å². The number of anilines is 1. The Bertz CT molecular complexity index is 559. The summed E-state index contributed by atoms with van der Waals surface area (Å²) in [4.78, 5) is 25.4. The van der Waals surface area contributed by atoms with Crippen molar-refractivity contribution in [2.45, 2.75) is 32.1 Å². The van der Waals surface area contributed by atoms with E-state index in [1.54, 1.807) is 11.0 Å². The Morgan fingerprint density at radius 2 is 1.95 bits per heavy atom. The summed E-state index contributed by atoms with van der Waals surface area (Å²) < 4.78 is 4.58. The molecule has 118 valence electrons. The van der Waals surface area contributed by atoms with Crippen LogP contribution in [0.1, 0.15) is 37.7 Å². The molecule has 0 saturated heterocycles. The van der Waals surface area contributed by atoms with Crippen molar-refractivity contribution in [1.82, 2.24) is 0 Å². The molecule has 1 aliphatic rings. The van der Waals surface area contributed by atoms with Crippen LogP contribution in [-0.4, -0.2) is 26.0 Å². The molecule has 0 aromatic heterocycles. The van der Waals surface area contributed by atoms with Crippen molar-refractivity contribution >= 4 is 23.6 Å². The molecular formula is C18H23NO3. The van der Waals surface area contributed by atoms with Gasteiger partial charge in [-0.3, -0.25) is 4.79 Å². The number of esters is 1. The minimum absolute atomic E-state index is 0.146. The largest absolute Gasteiger partial charge is 0.466 e. The number of hydrogen-bond donors (Lipinski definition) is 0. The molecule has 22 heavy (non-hydrogen) atoms. The Kier molecular flexibility index (Phi) is 5.75. The molecule has 1 amide bonds. The fourth-order valence-electron chi connectivity index (χ4n) is 2.82. The smallest absolute Gasteiger partial charge is 0.330 e. The molecule has 1 aliphatic carbocycles. The van der Waals surface area contributed by atoms with E-state index in [2.05, 4.69) is 4.74 Å². The first-order chi connectivity index (χ1) is 10.6. The van der Waals surface area contributed by atoms with Crippen LogP contribution in [0.3, 0.4) is 0 Å². The van der Waals surface area contributed by atoms with Crippen LogP contribution < -0.4 is 4.90 Å². The lowest BCUT2D eigenvalue weighted by Gasteiger charge is -2.26. The topological polar surface area (TPSA) is 46.6 Å². The molecule has 0 atom stereocenters. The number of hydrogen-bond acceptors (Lipinski definition) is 3. The first kappa shape index (κ1) is 16.3. The van der Waals surface area contributed by atoms with Crippen LogP contribution in [0.25, 0.3) is 6.08 Å². The second kappa shape index (κ2) is 7.78. The predicted octanol–water partition coefficient (Wildman–Crippen LogP) is 3.42. The number of ether oxygens (including phenoxy) is 1. The van der Waals surface area contributed by atoms with Gasteiger partial charge in [-0.25, -0.2) is 4.79 Å². The lowest BCUT2D eigenvalue weighted by atomic mass is 9.88. The highest BCUT2D eigenvalue weighted by Crippen LogP contribution is 2.27. The first-order valence-corrected chi connectivity index (χ1v) is 7.75. The van der Waals surface area contributed by atoms with E-state index in [9.17, 15) is 9.59 Å². The number of rotatable bonds is 4. The van der Waals surface area contributed by atoms with Crippen molar-refractivity contribution in [3.05, 3.63) is 35.9 Å². The molecule has 0 bridgehead atoms. The van der Waals surface area contributed by atoms with Gasteiger partial charge in [0.05, 0.1) is 7.11 Å². The van der Waals surface area contributed by atoms with Crippen molar-refractivity contribution in [2.24, 2.45) is 5.92 Å². The van der Waals surface area contributed by atoms with E-state index in [0.717, 1.165) is 36.9 Å². The van der Waals surface area contributed by atoms with E-state index in [4.69, 9.17) is 0 Å². The molecule has 0 aliphatic heterocycles. The number of carbonyl (C=O) groups excluding carboxylic acids is 2. The maximum absolute atomic E-state index is 12.6. The molecule has 1 aromatic rings. The first-order valence-electron chi connectivity index (χ1n) is 7.75. The normalized spacial score (nSPS) is 15.7. The van der Waals surface area contributed by atoms with Crippen molar-refractivity contribution in [3.63, 3.8) is 0 Å². The average Bonchev–Trinajstić information content (AvgIpc) is 2.59. The lowest BCUT2D eigenvalue weighted by Crippen LogP contribution is -2.33. The minimum atomic E-state index is -0.392. The van der Waals surface area contributed by atoms with Crippen molar-refractivity contribution in [3.8, 4) is 0 Å². The van der Waals surface area contributed by atoms with Crippen LogP contribution in [0.15, 0.2) is 30.3 Å². The van der Waals surface area contributed by atoms with E-state index in [-0.39, 0.29) is 11.8 Å². The Balaban J connectivity index is 2.09. The van der Waals surface area contributed by atoms with E-state index >= 15 is 0 Å². The zero-order valence-corrected chi connectivity index (χ0v) is 13.2. The Morgan fingerprint density at radius 3 is 2.64 bits per heavy atom. The van der Waals surface area contributed by atoms with Crippen molar-refractivity contribution < 1.29 is 14.3 Å². The molecule has 2 rings (SSSR count). The second-order valence-corrected chi connectivity index (χ2v) is 5.68. The van der Waals surface area contributed by atoms with Crippen LogP contribution in [0.2, 0.25) is 0 Å². The fraction of sp³-hybridized carbons (Fsp3) is 0.444. The molecule has 0 radical (unpaired) electrons. The maximum atomic E-state index is 12.6. The highest BCUT2D eigenvalue weighted by Gasteiger charge is 2.24. The van der Waals surface area contributed by atoms with Crippen LogP contribution in [0.5, 0.6) is 0 Å². The predicted molar refractivity (Wildman–Crippen MR) is 87.5 cm³/mol. The van der Waals surface area contributed by atoms with Gasteiger partial charge in [-0.2, -0.15) is 0 Å². The molecule has 0 spiro atoms. The maximum Gasteiger partial charge on any atom is 0.330 e. The number of nitrogens with zero attached hydrogens (tertiary/aromatic N) is 1. The summed E-state index contributed by atoms with van der Waals surface area (Å²) in [5.74, 6) is -0.0566. The second-order valence-electron chi connectivity index (χ2n) is 5.68. The van der Waals surface area contributed by atoms with Crippen LogP contribution in [-0.2, 0) is 14.3 Å². The van der Waals surface area contributed by atoms with Crippen molar-refractivity contribution in [1.29, 1.82) is 0 Å². The standard InChI is InChI=1S/C18H23NO3/c1-19(18(21)15-8-4-3-5-9-15)16-10-6-7-14(13-16)11-12-17(20)22-2/h6-7,10-13,15H,3-5,8-9H2,1-2H3/b12-11+. The molecule has 0 unspecified atom stereocenters. The quantitative estimate of drug-likeness (QED) is 0.632. The summed E-state index contributed by atoms with van der Waals surface area (Å²) in [7, 11) is 3.17. The third-order valence-corrected chi connectivity index (χ3v) is 4.16. The van der Waals surface area contributed by atoms with Crippen LogP contribution in [0, 0.1) is 5.92 Å². The number of benzene rings is 1. The van der Waals surface area contributed by atoms with Gasteiger partial charge in [0.25, 0.3) is 0 Å². The number of amides is 1. The van der Waals surface area contributed by atoms with Crippen LogP contribution in [0.4, 0.5) is 5.69 Å². The summed E-state index contributed by atoms with van der Waals surface area (Å²) in [5.41, 5.74) is 1.72. The zero-order chi connectivity index (χ0) is 15.9. The third-order valence-electron chi connectivity index (χ3n) is 4.16. The fourth-order valence-corrected chi connectivity index (χ4v) is 2.82. The molecule has 0 N–H and O–H groups in total. The zero-order valence-electron chi connectivity index (χ0n) is 13.2. The minimum Gasteiger partial charge on any atom is -0.466 e. The monoisotopic (exact) mass is 301 g/mol. The number of carbonyl (C=O) groups is 2. The SMILES string of the molecule is COC(=O)/C=C/c1cccc(N(C)C(=O)C2CCCCC2)c1. The highest BCUT2D eigenvalue weighted by atomic mass is 16.5. The average molecular weight is 301 g/mol. The van der Waals surface area contributed by atoms with E-state index in [0.29, 0.717) is 0 Å². The molecule has 4 nitrogen and oxygen atoms in total.